The molecule has 172 valence electrons. The van der Waals surface area contributed by atoms with Crippen LogP contribution in [0.3, 0.4) is 0 Å². The van der Waals surface area contributed by atoms with Crippen molar-refractivity contribution in [1.29, 1.82) is 0 Å². The Balaban J connectivity index is 1.92. The molecule has 0 radical (unpaired) electrons. The quantitative estimate of drug-likeness (QED) is 0.357. The van der Waals surface area contributed by atoms with E-state index in [9.17, 15) is 9.59 Å². The fourth-order valence-corrected chi connectivity index (χ4v) is 3.19. The van der Waals surface area contributed by atoms with Gasteiger partial charge in [0.2, 0.25) is 0 Å². The first-order valence-electron chi connectivity index (χ1n) is 9.75. The van der Waals surface area contributed by atoms with E-state index < -0.39 is 11.8 Å². The fourth-order valence-electron chi connectivity index (χ4n) is 2.62. The van der Waals surface area contributed by atoms with Crippen molar-refractivity contribution in [2.75, 3.05) is 34.5 Å². The molecule has 0 fully saturated rings. The number of methoxy groups -OCH3 is 3. The molecule has 0 heterocycles. The lowest BCUT2D eigenvalue weighted by molar-refractivity contribution is -0.120. The lowest BCUT2D eigenvalue weighted by atomic mass is 10.2. The van der Waals surface area contributed by atoms with Crippen LogP contribution in [0.1, 0.15) is 29.3 Å². The summed E-state index contributed by atoms with van der Waals surface area (Å²) in [4.78, 5) is 24.3. The molecule has 2 aromatic carbocycles. The summed E-state index contributed by atoms with van der Waals surface area (Å²) in [6, 6.07) is 8.25. The predicted molar refractivity (Wildman–Crippen MR) is 124 cm³/mol. The first-order chi connectivity index (χ1) is 15.4. The van der Waals surface area contributed by atoms with Crippen molar-refractivity contribution in [2.45, 2.75) is 13.3 Å². The monoisotopic (exact) mass is 507 g/mol. The zero-order valence-electron chi connectivity index (χ0n) is 18.4. The Morgan fingerprint density at radius 2 is 1.75 bits per heavy atom. The summed E-state index contributed by atoms with van der Waals surface area (Å²) in [5.41, 5.74) is 3.39. The molecule has 0 aliphatic heterocycles. The van der Waals surface area contributed by atoms with E-state index in [1.807, 2.05) is 6.92 Å². The molecule has 10 heteroatoms. The number of ether oxygens (including phenoxy) is 4. The Morgan fingerprint density at radius 1 is 1.03 bits per heavy atom. The van der Waals surface area contributed by atoms with Crippen LogP contribution in [0.5, 0.6) is 23.0 Å². The van der Waals surface area contributed by atoms with Crippen molar-refractivity contribution in [3.05, 3.63) is 45.9 Å². The minimum absolute atomic E-state index is 0.249. The molecule has 0 atom stereocenters. The van der Waals surface area contributed by atoms with Crippen molar-refractivity contribution in [3.8, 4) is 23.0 Å². The van der Waals surface area contributed by atoms with Crippen LogP contribution >= 0.6 is 15.9 Å². The van der Waals surface area contributed by atoms with E-state index in [1.165, 1.54) is 26.5 Å². The Kier molecular flexibility index (Phi) is 9.80. The highest BCUT2D eigenvalue weighted by Gasteiger charge is 2.13. The van der Waals surface area contributed by atoms with Gasteiger partial charge in [0.15, 0.2) is 23.0 Å². The van der Waals surface area contributed by atoms with Gasteiger partial charge in [0.05, 0.1) is 45.2 Å². The highest BCUT2D eigenvalue weighted by Crippen LogP contribution is 2.36. The van der Waals surface area contributed by atoms with Gasteiger partial charge >= 0.3 is 0 Å². The van der Waals surface area contributed by atoms with E-state index in [0.29, 0.717) is 45.2 Å². The second kappa shape index (κ2) is 12.6. The number of hydrogen-bond donors (Lipinski definition) is 2. The van der Waals surface area contributed by atoms with Crippen LogP contribution in [0.15, 0.2) is 39.9 Å². The normalized spacial score (nSPS) is 10.5. The van der Waals surface area contributed by atoms with Gasteiger partial charge in [-0.15, -0.1) is 0 Å². The molecule has 0 spiro atoms. The van der Waals surface area contributed by atoms with Gasteiger partial charge in [-0.1, -0.05) is 6.92 Å². The molecule has 0 aliphatic rings. The van der Waals surface area contributed by atoms with Gasteiger partial charge in [0, 0.05) is 5.56 Å². The van der Waals surface area contributed by atoms with Crippen molar-refractivity contribution in [2.24, 2.45) is 5.10 Å². The maximum absolute atomic E-state index is 12.3. The van der Waals surface area contributed by atoms with Gasteiger partial charge in [0.25, 0.3) is 11.8 Å². The van der Waals surface area contributed by atoms with Crippen LogP contribution in [-0.2, 0) is 4.79 Å². The summed E-state index contributed by atoms with van der Waals surface area (Å²) < 4.78 is 22.1. The Hall–Kier alpha value is -3.27. The van der Waals surface area contributed by atoms with E-state index >= 15 is 0 Å². The third-order valence-electron chi connectivity index (χ3n) is 4.16. The van der Waals surface area contributed by atoms with Gasteiger partial charge in [-0.3, -0.25) is 9.59 Å². The number of nitrogens with zero attached hydrogens (tertiary/aromatic N) is 1. The summed E-state index contributed by atoms with van der Waals surface area (Å²) in [5.74, 6) is 1.16. The molecule has 0 saturated heterocycles. The largest absolute Gasteiger partial charge is 0.493 e. The first kappa shape index (κ1) is 25.0. The minimum Gasteiger partial charge on any atom is -0.493 e. The fraction of sp³-hybridized carbons (Fsp3) is 0.318. The van der Waals surface area contributed by atoms with Gasteiger partial charge in [-0.2, -0.15) is 5.10 Å². The Labute approximate surface area is 195 Å². The number of amides is 2. The molecule has 0 saturated carbocycles. The topological polar surface area (TPSA) is 107 Å². The third kappa shape index (κ3) is 6.88. The highest BCUT2D eigenvalue weighted by molar-refractivity contribution is 9.10. The van der Waals surface area contributed by atoms with Crippen molar-refractivity contribution < 1.29 is 28.5 Å². The maximum atomic E-state index is 12.3. The van der Waals surface area contributed by atoms with Crippen LogP contribution in [0.25, 0.3) is 0 Å². The van der Waals surface area contributed by atoms with Crippen LogP contribution < -0.4 is 29.7 Å². The second-order valence-electron chi connectivity index (χ2n) is 6.43. The number of carbonyl (C=O) groups excluding carboxylic acids is 2. The molecule has 9 nitrogen and oxygen atoms in total. The molecule has 0 unspecified atom stereocenters. The van der Waals surface area contributed by atoms with Gasteiger partial charge < -0.3 is 24.3 Å². The standard InChI is InChI=1S/C22H26BrN3O6/c1-5-8-32-21-16(23)9-14(10-19(21)31-4)12-25-26-20(27)13-24-22(28)15-6-7-17(29-2)18(11-15)30-3/h6-7,9-12H,5,8,13H2,1-4H3,(H,24,28)(H,26,27). The molecule has 0 aliphatic carbocycles. The third-order valence-corrected chi connectivity index (χ3v) is 4.75. The smallest absolute Gasteiger partial charge is 0.259 e. The van der Waals surface area contributed by atoms with E-state index in [0.717, 1.165) is 6.42 Å². The Bertz CT molecular complexity index is 980. The first-order valence-corrected chi connectivity index (χ1v) is 10.5. The molecule has 2 amide bonds. The van der Waals surface area contributed by atoms with Crippen LogP contribution in [0.2, 0.25) is 0 Å². The lowest BCUT2D eigenvalue weighted by Gasteiger charge is -2.12. The average molecular weight is 508 g/mol. The summed E-state index contributed by atoms with van der Waals surface area (Å²) in [5, 5.41) is 6.45. The number of hydrazone groups is 1. The lowest BCUT2D eigenvalue weighted by Crippen LogP contribution is -2.34. The summed E-state index contributed by atoms with van der Waals surface area (Å²) in [6.07, 6.45) is 2.33. The van der Waals surface area contributed by atoms with Gasteiger partial charge in [-0.25, -0.2) is 5.43 Å². The van der Waals surface area contributed by atoms with E-state index in [4.69, 9.17) is 18.9 Å². The van der Waals surface area contributed by atoms with E-state index in [1.54, 1.807) is 31.4 Å². The predicted octanol–water partition coefficient (Wildman–Crippen LogP) is 3.14. The molecule has 2 N–H and O–H groups in total. The van der Waals surface area contributed by atoms with Crippen LogP contribution in [-0.4, -0.2) is 52.5 Å². The summed E-state index contributed by atoms with van der Waals surface area (Å²) >= 11 is 3.45. The van der Waals surface area contributed by atoms with Crippen LogP contribution in [0, 0.1) is 0 Å². The Morgan fingerprint density at radius 3 is 2.41 bits per heavy atom. The SMILES string of the molecule is CCCOc1c(Br)cc(C=NNC(=O)CNC(=O)c2ccc(OC)c(OC)c2)cc1OC. The number of halogens is 1. The number of rotatable bonds is 11. The maximum Gasteiger partial charge on any atom is 0.259 e. The number of benzene rings is 2. The molecular weight excluding hydrogens is 482 g/mol. The van der Waals surface area contributed by atoms with E-state index in [-0.39, 0.29) is 6.54 Å². The number of carbonyl (C=O) groups is 2. The molecule has 0 bridgehead atoms. The molecule has 0 aromatic heterocycles. The highest BCUT2D eigenvalue weighted by atomic mass is 79.9. The van der Waals surface area contributed by atoms with E-state index in [2.05, 4.69) is 31.8 Å². The summed E-state index contributed by atoms with van der Waals surface area (Å²) in [7, 11) is 4.53. The molecule has 2 aromatic rings. The molecule has 32 heavy (non-hydrogen) atoms. The van der Waals surface area contributed by atoms with Crippen LogP contribution in [0.4, 0.5) is 0 Å². The van der Waals surface area contributed by atoms with Crippen molar-refractivity contribution >= 4 is 34.0 Å². The minimum atomic E-state index is -0.482. The zero-order chi connectivity index (χ0) is 23.5. The molecular formula is C22H26BrN3O6. The number of nitrogens with one attached hydrogen (secondary N) is 2. The number of hydrogen-bond acceptors (Lipinski definition) is 7. The van der Waals surface area contributed by atoms with Gasteiger partial charge in [0.1, 0.15) is 0 Å². The van der Waals surface area contributed by atoms with Crippen molar-refractivity contribution in [3.63, 3.8) is 0 Å². The summed E-state index contributed by atoms with van der Waals surface area (Å²) in [6.45, 7) is 2.33. The zero-order valence-corrected chi connectivity index (χ0v) is 19.9. The second-order valence-corrected chi connectivity index (χ2v) is 7.28. The average Bonchev–Trinajstić information content (AvgIpc) is 2.80. The van der Waals surface area contributed by atoms with Gasteiger partial charge in [-0.05, 0) is 58.2 Å². The molecule has 2 rings (SSSR count). The van der Waals surface area contributed by atoms with Crippen molar-refractivity contribution in [1.82, 2.24) is 10.7 Å².